The molecule has 2 aromatic carbocycles. The molecule has 11 heteroatoms. The number of halogens is 1. The lowest BCUT2D eigenvalue weighted by Crippen LogP contribution is -2.23. The predicted octanol–water partition coefficient (Wildman–Crippen LogP) is 3.37. The number of nitro benzene ring substituents is 1. The van der Waals surface area contributed by atoms with Crippen molar-refractivity contribution in [3.05, 3.63) is 78.3 Å². The summed E-state index contributed by atoms with van der Waals surface area (Å²) < 4.78 is 5.28. The van der Waals surface area contributed by atoms with Crippen LogP contribution in [0.1, 0.15) is 5.56 Å². The molecule has 2 aromatic heterocycles. The fraction of sp³-hybridized carbons (Fsp3) is 0.211. The number of hydrogen-bond acceptors (Lipinski definition) is 6. The van der Waals surface area contributed by atoms with E-state index in [4.69, 9.17) is 23.8 Å². The Morgan fingerprint density at radius 2 is 2.00 bits per heavy atom. The Kier molecular flexibility index (Phi) is 5.14. The van der Waals surface area contributed by atoms with Crippen LogP contribution in [0.2, 0.25) is 5.02 Å². The van der Waals surface area contributed by atoms with Crippen molar-refractivity contribution in [2.45, 2.75) is 13.2 Å². The van der Waals surface area contributed by atoms with E-state index in [2.05, 4.69) is 5.10 Å². The van der Waals surface area contributed by atoms with Crippen molar-refractivity contribution in [2.75, 3.05) is 7.05 Å². The van der Waals surface area contributed by atoms with E-state index in [9.17, 15) is 14.9 Å². The second-order valence-corrected chi connectivity index (χ2v) is 7.76. The topological polar surface area (TPSA) is 90.6 Å². The molecule has 0 N–H and O–H groups in total. The number of aromatic nitrogens is 4. The number of para-hydroxylation sites is 1. The van der Waals surface area contributed by atoms with Crippen molar-refractivity contribution in [1.29, 1.82) is 0 Å². The van der Waals surface area contributed by atoms with E-state index in [1.807, 2.05) is 24.1 Å². The van der Waals surface area contributed by atoms with Crippen LogP contribution in [0, 0.1) is 14.9 Å². The van der Waals surface area contributed by atoms with Gasteiger partial charge in [0.05, 0.1) is 22.5 Å². The number of hydrogen-bond donors (Lipinski definition) is 0. The molecule has 0 aliphatic rings. The van der Waals surface area contributed by atoms with Gasteiger partial charge in [0, 0.05) is 30.7 Å². The van der Waals surface area contributed by atoms with Gasteiger partial charge >= 0.3 is 0 Å². The fourth-order valence-electron chi connectivity index (χ4n) is 3.40. The zero-order valence-corrected chi connectivity index (χ0v) is 17.7. The molecule has 0 amide bonds. The lowest BCUT2D eigenvalue weighted by atomic mass is 10.2. The largest absolute Gasteiger partial charge is 0.283 e. The Hall–Kier alpha value is -3.08. The number of benzene rings is 2. The van der Waals surface area contributed by atoms with E-state index in [1.54, 1.807) is 28.3 Å². The molecule has 0 saturated carbocycles. The molecule has 0 atom stereocenters. The molecular weight excluding hydrogens is 428 g/mol. The molecule has 4 aromatic rings. The first-order valence-electron chi connectivity index (χ1n) is 8.96. The average molecular weight is 445 g/mol. The van der Waals surface area contributed by atoms with Crippen LogP contribution in [-0.4, -0.2) is 35.6 Å². The summed E-state index contributed by atoms with van der Waals surface area (Å²) in [7, 11) is 3.49. The zero-order chi connectivity index (χ0) is 21.6. The Morgan fingerprint density at radius 3 is 2.73 bits per heavy atom. The van der Waals surface area contributed by atoms with E-state index in [0.717, 1.165) is 0 Å². The fourth-order valence-corrected chi connectivity index (χ4v) is 3.86. The number of nitrogens with zero attached hydrogens (tertiary/aromatic N) is 6. The van der Waals surface area contributed by atoms with Crippen LogP contribution in [0.4, 0.5) is 5.69 Å². The highest BCUT2D eigenvalue weighted by Crippen LogP contribution is 2.23. The molecule has 0 unspecified atom stereocenters. The summed E-state index contributed by atoms with van der Waals surface area (Å²) in [4.78, 5) is 25.1. The highest BCUT2D eigenvalue weighted by Gasteiger charge is 2.16. The van der Waals surface area contributed by atoms with Crippen molar-refractivity contribution in [2.24, 2.45) is 7.05 Å². The van der Waals surface area contributed by atoms with Gasteiger partial charge < -0.3 is 0 Å². The Morgan fingerprint density at radius 1 is 1.27 bits per heavy atom. The minimum Gasteiger partial charge on any atom is -0.283 e. The highest BCUT2D eigenvalue weighted by molar-refractivity contribution is 7.71. The van der Waals surface area contributed by atoms with Crippen molar-refractivity contribution in [3.63, 3.8) is 0 Å². The van der Waals surface area contributed by atoms with Crippen molar-refractivity contribution in [3.8, 4) is 0 Å². The molecule has 4 rings (SSSR count). The predicted molar refractivity (Wildman–Crippen MR) is 116 cm³/mol. The van der Waals surface area contributed by atoms with Crippen LogP contribution in [0.5, 0.6) is 0 Å². The summed E-state index contributed by atoms with van der Waals surface area (Å²) in [5.74, 6) is 0.436. The minimum absolute atomic E-state index is 0.0198. The third kappa shape index (κ3) is 3.38. The third-order valence-electron chi connectivity index (χ3n) is 4.86. The molecule has 30 heavy (non-hydrogen) atoms. The Labute approximate surface area is 180 Å². The van der Waals surface area contributed by atoms with Gasteiger partial charge in [-0.2, -0.15) is 0 Å². The molecule has 154 valence electrons. The maximum absolute atomic E-state index is 12.6. The molecule has 0 aliphatic carbocycles. The molecule has 0 bridgehead atoms. The summed E-state index contributed by atoms with van der Waals surface area (Å²) >= 11 is 11.8. The van der Waals surface area contributed by atoms with Gasteiger partial charge in [0.25, 0.3) is 11.2 Å². The van der Waals surface area contributed by atoms with Gasteiger partial charge in [0.2, 0.25) is 10.5 Å². The standard InChI is InChI=1S/C19H17ClN6O3S/c1-22(10-12-9-13(26(28)29)7-8-15(12)20)11-24-19(30)25-16-6-4-3-5-14(16)17(27)23(2)18(25)21-24/h3-9H,10-11H2,1-2H3. The van der Waals surface area contributed by atoms with Gasteiger partial charge in [-0.15, -0.1) is 5.10 Å². The normalized spacial score (nSPS) is 11.6. The first-order valence-corrected chi connectivity index (χ1v) is 9.75. The van der Waals surface area contributed by atoms with Crippen LogP contribution in [0.3, 0.4) is 0 Å². The van der Waals surface area contributed by atoms with E-state index < -0.39 is 4.92 Å². The lowest BCUT2D eigenvalue weighted by Gasteiger charge is -2.17. The van der Waals surface area contributed by atoms with E-state index in [1.165, 1.54) is 22.8 Å². The van der Waals surface area contributed by atoms with Crippen LogP contribution in [-0.2, 0) is 20.3 Å². The number of nitro groups is 1. The number of rotatable bonds is 5. The number of non-ortho nitro benzene ring substituents is 1. The molecule has 0 spiro atoms. The summed E-state index contributed by atoms with van der Waals surface area (Å²) in [6, 6.07) is 11.6. The van der Waals surface area contributed by atoms with Crippen LogP contribution in [0.15, 0.2) is 47.3 Å². The Balaban J connectivity index is 1.72. The van der Waals surface area contributed by atoms with Gasteiger partial charge in [-0.05, 0) is 43.0 Å². The summed E-state index contributed by atoms with van der Waals surface area (Å²) in [6.45, 7) is 0.665. The summed E-state index contributed by atoms with van der Waals surface area (Å²) in [5.41, 5.74) is 1.15. The number of fused-ring (bicyclic) bond motifs is 3. The summed E-state index contributed by atoms with van der Waals surface area (Å²) in [5, 5.41) is 16.6. The van der Waals surface area contributed by atoms with E-state index >= 15 is 0 Å². The first-order chi connectivity index (χ1) is 14.3. The van der Waals surface area contributed by atoms with Crippen molar-refractivity contribution >= 4 is 46.2 Å². The molecule has 9 nitrogen and oxygen atoms in total. The molecule has 0 aliphatic heterocycles. The Bertz CT molecular complexity index is 1420. The maximum atomic E-state index is 12.6. The average Bonchev–Trinajstić information content (AvgIpc) is 3.04. The van der Waals surface area contributed by atoms with Gasteiger partial charge in [-0.1, -0.05) is 23.7 Å². The van der Waals surface area contributed by atoms with Gasteiger partial charge in [-0.25, -0.2) is 4.68 Å². The van der Waals surface area contributed by atoms with Gasteiger partial charge in [0.15, 0.2) is 0 Å². The van der Waals surface area contributed by atoms with Crippen LogP contribution >= 0.6 is 23.8 Å². The van der Waals surface area contributed by atoms with Gasteiger partial charge in [-0.3, -0.25) is 28.8 Å². The van der Waals surface area contributed by atoms with E-state index in [0.29, 0.717) is 45.3 Å². The number of aryl methyl sites for hydroxylation is 1. The lowest BCUT2D eigenvalue weighted by molar-refractivity contribution is -0.384. The third-order valence-corrected chi connectivity index (χ3v) is 5.62. The molecule has 0 radical (unpaired) electrons. The van der Waals surface area contributed by atoms with Crippen LogP contribution in [0.25, 0.3) is 16.7 Å². The maximum Gasteiger partial charge on any atom is 0.269 e. The van der Waals surface area contributed by atoms with E-state index in [-0.39, 0.29) is 11.2 Å². The molecule has 0 saturated heterocycles. The van der Waals surface area contributed by atoms with Gasteiger partial charge in [0.1, 0.15) is 0 Å². The monoisotopic (exact) mass is 444 g/mol. The SMILES string of the molecule is CN(Cc1cc([N+](=O)[O-])ccc1Cl)Cn1nc2n(C)c(=O)c3ccccc3n2c1=S. The molecule has 2 heterocycles. The molecule has 0 fully saturated rings. The smallest absolute Gasteiger partial charge is 0.269 e. The van der Waals surface area contributed by atoms with Crippen LogP contribution < -0.4 is 5.56 Å². The second-order valence-electron chi connectivity index (χ2n) is 6.99. The second kappa shape index (κ2) is 7.63. The molecular formula is C19H17ClN6O3S. The summed E-state index contributed by atoms with van der Waals surface area (Å²) in [6.07, 6.45) is 0. The zero-order valence-electron chi connectivity index (χ0n) is 16.1. The van der Waals surface area contributed by atoms with Crippen molar-refractivity contribution in [1.82, 2.24) is 23.6 Å². The minimum atomic E-state index is -0.455. The van der Waals surface area contributed by atoms with Crippen molar-refractivity contribution < 1.29 is 4.92 Å². The first kappa shape index (κ1) is 20.2. The highest BCUT2D eigenvalue weighted by atomic mass is 35.5. The quantitative estimate of drug-likeness (QED) is 0.266.